The van der Waals surface area contributed by atoms with Crippen molar-refractivity contribution in [1.29, 1.82) is 0 Å². The van der Waals surface area contributed by atoms with E-state index in [0.29, 0.717) is 11.5 Å². The predicted octanol–water partition coefficient (Wildman–Crippen LogP) is 1.93. The fourth-order valence-corrected chi connectivity index (χ4v) is 3.62. The summed E-state index contributed by atoms with van der Waals surface area (Å²) in [5.74, 6) is 0.796. The Morgan fingerprint density at radius 1 is 1.28 bits per heavy atom. The number of nitrogens with one attached hydrogen (secondary N) is 1. The van der Waals surface area contributed by atoms with Crippen LogP contribution >= 0.6 is 0 Å². The van der Waals surface area contributed by atoms with Gasteiger partial charge in [0.1, 0.15) is 30.1 Å². The number of carbonyl (C=O) groups is 1. The van der Waals surface area contributed by atoms with Crippen LogP contribution in [0.4, 0.5) is 0 Å². The Morgan fingerprint density at radius 3 is 2.86 bits per heavy atom. The zero-order valence-electron chi connectivity index (χ0n) is 16.3. The number of aliphatic hydroxyl groups excluding tert-OH is 1. The smallest absolute Gasteiger partial charge is 0.223 e. The van der Waals surface area contributed by atoms with Crippen LogP contribution in [-0.2, 0) is 25.4 Å². The van der Waals surface area contributed by atoms with Crippen molar-refractivity contribution in [1.82, 2.24) is 5.32 Å². The van der Waals surface area contributed by atoms with Gasteiger partial charge in [0, 0.05) is 6.92 Å². The number of amides is 1. The normalized spacial score (nSPS) is 31.7. The first-order chi connectivity index (χ1) is 14.0. The molecule has 6 atom stereocenters. The highest BCUT2D eigenvalue weighted by Gasteiger charge is 2.51. The van der Waals surface area contributed by atoms with E-state index in [0.717, 1.165) is 12.0 Å². The summed E-state index contributed by atoms with van der Waals surface area (Å²) < 4.78 is 29.0. The topological polar surface area (TPSA) is 99.4 Å². The number of aliphatic hydroxyl groups is 1. The summed E-state index contributed by atoms with van der Waals surface area (Å²) in [6.45, 7) is 3.62. The number of fused-ring (bicyclic) bond motifs is 1. The van der Waals surface area contributed by atoms with Crippen molar-refractivity contribution in [3.8, 4) is 5.75 Å². The maximum Gasteiger partial charge on any atom is 0.223 e. The van der Waals surface area contributed by atoms with E-state index in [1.54, 1.807) is 12.1 Å². The number of rotatable bonds is 5. The summed E-state index contributed by atoms with van der Waals surface area (Å²) >= 11 is 0. The molecule has 0 saturated carbocycles. The zero-order valence-corrected chi connectivity index (χ0v) is 16.3. The average Bonchev–Trinajstić information content (AvgIpc) is 3.25. The highest BCUT2D eigenvalue weighted by atomic mass is 16.8. The van der Waals surface area contributed by atoms with Gasteiger partial charge in [-0.3, -0.25) is 4.79 Å². The van der Waals surface area contributed by atoms with Gasteiger partial charge >= 0.3 is 0 Å². The SMILES string of the molecule is CCc1cccc(OC2OC3COC(c4ccco4)OC3C(O)C2NC(C)=O)c1. The highest BCUT2D eigenvalue weighted by Crippen LogP contribution is 2.35. The van der Waals surface area contributed by atoms with Gasteiger partial charge in [0.2, 0.25) is 18.5 Å². The van der Waals surface area contributed by atoms with Crippen LogP contribution < -0.4 is 10.1 Å². The fraction of sp³-hybridized carbons (Fsp3) is 0.476. The molecule has 8 heteroatoms. The third-order valence-corrected chi connectivity index (χ3v) is 5.07. The number of ether oxygens (including phenoxy) is 4. The van der Waals surface area contributed by atoms with E-state index in [1.165, 1.54) is 13.2 Å². The van der Waals surface area contributed by atoms with Gasteiger partial charge in [0.05, 0.1) is 12.9 Å². The summed E-state index contributed by atoms with van der Waals surface area (Å²) in [6.07, 6.45) is -1.58. The molecule has 1 amide bonds. The molecule has 0 aliphatic carbocycles. The molecule has 1 aromatic carbocycles. The first kappa shape index (κ1) is 19.9. The maximum atomic E-state index is 11.8. The van der Waals surface area contributed by atoms with Gasteiger partial charge in [0.15, 0.2) is 5.76 Å². The maximum absolute atomic E-state index is 11.8. The lowest BCUT2D eigenvalue weighted by molar-refractivity contribution is -0.336. The van der Waals surface area contributed by atoms with E-state index in [9.17, 15) is 9.90 Å². The molecule has 3 heterocycles. The van der Waals surface area contributed by atoms with Gasteiger partial charge in [-0.1, -0.05) is 19.1 Å². The molecule has 29 heavy (non-hydrogen) atoms. The summed E-state index contributed by atoms with van der Waals surface area (Å²) in [7, 11) is 0. The standard InChI is InChI=1S/C21H25NO7/c1-3-13-6-4-7-14(10-13)27-21-17(22-12(2)23)18(24)19-16(28-21)11-26-20(29-19)15-8-5-9-25-15/h4-10,16-21,24H,3,11H2,1-2H3,(H,22,23). The molecule has 8 nitrogen and oxygen atoms in total. The van der Waals surface area contributed by atoms with Gasteiger partial charge in [-0.15, -0.1) is 0 Å². The molecule has 0 spiro atoms. The molecule has 4 rings (SSSR count). The molecule has 1 aromatic heterocycles. The van der Waals surface area contributed by atoms with E-state index >= 15 is 0 Å². The molecule has 2 N–H and O–H groups in total. The van der Waals surface area contributed by atoms with Crippen molar-refractivity contribution < 1.29 is 33.3 Å². The first-order valence-corrected chi connectivity index (χ1v) is 9.72. The summed E-state index contributed by atoms with van der Waals surface area (Å²) in [4.78, 5) is 11.8. The minimum Gasteiger partial charge on any atom is -0.464 e. The number of hydrogen-bond acceptors (Lipinski definition) is 7. The van der Waals surface area contributed by atoms with Crippen molar-refractivity contribution >= 4 is 5.91 Å². The number of furan rings is 1. The Kier molecular flexibility index (Phi) is 5.86. The molecule has 2 aliphatic rings. The van der Waals surface area contributed by atoms with Gasteiger partial charge in [0.25, 0.3) is 0 Å². The van der Waals surface area contributed by atoms with Crippen LogP contribution in [0, 0.1) is 0 Å². The molecular weight excluding hydrogens is 378 g/mol. The Labute approximate surface area is 168 Å². The molecule has 0 bridgehead atoms. The van der Waals surface area contributed by atoms with Crippen molar-refractivity contribution in [2.75, 3.05) is 6.61 Å². The van der Waals surface area contributed by atoms with Crippen LogP contribution in [0.5, 0.6) is 5.75 Å². The van der Waals surface area contributed by atoms with E-state index in [1.807, 2.05) is 24.3 Å². The molecule has 0 radical (unpaired) electrons. The van der Waals surface area contributed by atoms with Gasteiger partial charge in [-0.25, -0.2) is 0 Å². The minimum absolute atomic E-state index is 0.189. The molecule has 2 fully saturated rings. The van der Waals surface area contributed by atoms with Gasteiger partial charge < -0.3 is 33.8 Å². The van der Waals surface area contributed by atoms with Crippen LogP contribution in [0.3, 0.4) is 0 Å². The van der Waals surface area contributed by atoms with Crippen molar-refractivity contribution in [2.24, 2.45) is 0 Å². The first-order valence-electron chi connectivity index (χ1n) is 9.72. The van der Waals surface area contributed by atoms with Crippen LogP contribution in [-0.4, -0.2) is 48.3 Å². The second-order valence-electron chi connectivity index (χ2n) is 7.16. The van der Waals surface area contributed by atoms with Crippen molar-refractivity contribution in [2.45, 2.75) is 57.2 Å². The molecule has 2 aromatic rings. The van der Waals surface area contributed by atoms with Crippen LogP contribution in [0.2, 0.25) is 0 Å². The Bertz CT molecular complexity index is 824. The lowest BCUT2D eigenvalue weighted by atomic mass is 9.96. The Balaban J connectivity index is 1.53. The largest absolute Gasteiger partial charge is 0.464 e. The van der Waals surface area contributed by atoms with Gasteiger partial charge in [-0.05, 0) is 36.2 Å². The monoisotopic (exact) mass is 403 g/mol. The van der Waals surface area contributed by atoms with Crippen LogP contribution in [0.25, 0.3) is 0 Å². The second-order valence-corrected chi connectivity index (χ2v) is 7.16. The fourth-order valence-electron chi connectivity index (χ4n) is 3.62. The number of carbonyl (C=O) groups excluding carboxylic acids is 1. The second kappa shape index (κ2) is 8.54. The van der Waals surface area contributed by atoms with Crippen LogP contribution in [0.15, 0.2) is 47.1 Å². The average molecular weight is 403 g/mol. The van der Waals surface area contributed by atoms with E-state index in [2.05, 4.69) is 12.2 Å². The van der Waals surface area contributed by atoms with E-state index < -0.39 is 36.9 Å². The third kappa shape index (κ3) is 4.30. The molecule has 6 unspecified atom stereocenters. The van der Waals surface area contributed by atoms with Crippen molar-refractivity contribution in [3.63, 3.8) is 0 Å². The van der Waals surface area contributed by atoms with Crippen molar-refractivity contribution in [3.05, 3.63) is 54.0 Å². The summed E-state index contributed by atoms with van der Waals surface area (Å²) in [5, 5.41) is 13.7. The molecule has 2 aliphatic heterocycles. The van der Waals surface area contributed by atoms with Crippen LogP contribution in [0.1, 0.15) is 31.5 Å². The minimum atomic E-state index is -1.06. The molecule has 156 valence electrons. The van der Waals surface area contributed by atoms with E-state index in [-0.39, 0.29) is 12.5 Å². The Hall–Kier alpha value is -2.39. The van der Waals surface area contributed by atoms with E-state index in [4.69, 9.17) is 23.4 Å². The van der Waals surface area contributed by atoms with Gasteiger partial charge in [-0.2, -0.15) is 0 Å². The highest BCUT2D eigenvalue weighted by molar-refractivity contribution is 5.73. The quantitative estimate of drug-likeness (QED) is 0.787. The lowest BCUT2D eigenvalue weighted by Crippen LogP contribution is -2.67. The molecule has 2 saturated heterocycles. The number of benzene rings is 1. The number of aryl methyl sites for hydroxylation is 1. The lowest BCUT2D eigenvalue weighted by Gasteiger charge is -2.47. The zero-order chi connectivity index (χ0) is 20.4. The summed E-state index contributed by atoms with van der Waals surface area (Å²) in [6, 6.07) is 10.3. The number of hydrogen-bond donors (Lipinski definition) is 2. The Morgan fingerprint density at radius 2 is 2.14 bits per heavy atom. The molecular formula is C21H25NO7. The third-order valence-electron chi connectivity index (χ3n) is 5.07. The predicted molar refractivity (Wildman–Crippen MR) is 101 cm³/mol. The summed E-state index contributed by atoms with van der Waals surface area (Å²) in [5.41, 5.74) is 1.11.